The molecule has 0 bridgehead atoms. The predicted molar refractivity (Wildman–Crippen MR) is 140 cm³/mol. The van der Waals surface area contributed by atoms with Crippen molar-refractivity contribution < 1.29 is 9.18 Å². The minimum atomic E-state index is -0.303. The maximum atomic E-state index is 13.8. The van der Waals surface area contributed by atoms with Crippen molar-refractivity contribution in [2.24, 2.45) is 0 Å². The van der Waals surface area contributed by atoms with Gasteiger partial charge in [0.15, 0.2) is 0 Å². The van der Waals surface area contributed by atoms with E-state index < -0.39 is 0 Å². The summed E-state index contributed by atoms with van der Waals surface area (Å²) < 4.78 is 13.8. The van der Waals surface area contributed by atoms with Crippen LogP contribution in [-0.4, -0.2) is 48.0 Å². The van der Waals surface area contributed by atoms with Gasteiger partial charge in [0, 0.05) is 61.5 Å². The molecule has 1 atom stereocenters. The van der Waals surface area contributed by atoms with Crippen molar-refractivity contribution in [1.29, 1.82) is 0 Å². The van der Waals surface area contributed by atoms with Crippen LogP contribution in [0.2, 0.25) is 0 Å². The third-order valence-corrected chi connectivity index (χ3v) is 6.01. The van der Waals surface area contributed by atoms with E-state index in [-0.39, 0.29) is 17.8 Å². The Balaban J connectivity index is 0.00000199. The summed E-state index contributed by atoms with van der Waals surface area (Å²) in [4.78, 5) is 19.8. The lowest BCUT2D eigenvalue weighted by Gasteiger charge is -2.33. The van der Waals surface area contributed by atoms with Gasteiger partial charge in [-0.05, 0) is 68.2 Å². The molecule has 1 aromatic heterocycles. The van der Waals surface area contributed by atoms with Gasteiger partial charge in [0.05, 0.1) is 0 Å². The van der Waals surface area contributed by atoms with E-state index in [0.717, 1.165) is 60.6 Å². The lowest BCUT2D eigenvalue weighted by Crippen LogP contribution is -2.42. The molecule has 1 fully saturated rings. The number of hydrogen-bond donors (Lipinski definition) is 2. The van der Waals surface area contributed by atoms with Gasteiger partial charge >= 0.3 is 0 Å². The molecule has 34 heavy (non-hydrogen) atoms. The van der Waals surface area contributed by atoms with E-state index in [1.165, 1.54) is 12.1 Å². The standard InChI is InChI=1S/C26H33FN4O.C2H6/c1-5-18(2)30-26(32)19(3)24(21-6-8-23(27)9-7-21)25(22-10-12-28-13-11-22)20(4)31-16-14-29-15-17-31;1-2/h6-13,18,29H,5,14-17H2,1-4H3,(H,30,32);1-2H3/b24-19+,25-20+;. The van der Waals surface area contributed by atoms with Crippen LogP contribution in [0.4, 0.5) is 4.39 Å². The first-order chi connectivity index (χ1) is 16.4. The van der Waals surface area contributed by atoms with Crippen molar-refractivity contribution in [2.45, 2.75) is 54.0 Å². The minimum absolute atomic E-state index is 0.0644. The number of carbonyl (C=O) groups excluding carboxylic acids is 1. The number of rotatable bonds is 7. The molecular weight excluding hydrogens is 427 g/mol. The van der Waals surface area contributed by atoms with Crippen molar-refractivity contribution in [1.82, 2.24) is 20.5 Å². The van der Waals surface area contributed by atoms with Crippen molar-refractivity contribution in [3.8, 4) is 0 Å². The van der Waals surface area contributed by atoms with E-state index >= 15 is 0 Å². The van der Waals surface area contributed by atoms with Crippen LogP contribution < -0.4 is 10.6 Å². The number of amides is 1. The predicted octanol–water partition coefficient (Wildman–Crippen LogP) is 5.27. The number of pyridine rings is 1. The number of nitrogens with zero attached hydrogens (tertiary/aromatic N) is 2. The quantitative estimate of drug-likeness (QED) is 0.431. The Labute approximate surface area is 204 Å². The van der Waals surface area contributed by atoms with E-state index in [0.29, 0.717) is 5.57 Å². The highest BCUT2D eigenvalue weighted by molar-refractivity contribution is 6.15. The monoisotopic (exact) mass is 466 g/mol. The Morgan fingerprint density at radius 3 is 2.15 bits per heavy atom. The maximum absolute atomic E-state index is 13.8. The zero-order chi connectivity index (χ0) is 25.1. The Morgan fingerprint density at radius 1 is 1.03 bits per heavy atom. The van der Waals surface area contributed by atoms with Gasteiger partial charge in [-0.1, -0.05) is 32.9 Å². The molecule has 1 aliphatic rings. The van der Waals surface area contributed by atoms with E-state index in [2.05, 4.69) is 27.4 Å². The Hall–Kier alpha value is -2.99. The van der Waals surface area contributed by atoms with Gasteiger partial charge in [-0.2, -0.15) is 0 Å². The highest BCUT2D eigenvalue weighted by atomic mass is 19.1. The highest BCUT2D eigenvalue weighted by Gasteiger charge is 2.23. The average Bonchev–Trinajstić information content (AvgIpc) is 2.89. The molecule has 3 rings (SSSR count). The van der Waals surface area contributed by atoms with Crippen LogP contribution in [0, 0.1) is 5.82 Å². The van der Waals surface area contributed by atoms with E-state index in [9.17, 15) is 9.18 Å². The Bertz CT molecular complexity index is 977. The number of piperazine rings is 1. The van der Waals surface area contributed by atoms with Crippen LogP contribution in [0.15, 0.2) is 60.1 Å². The third kappa shape index (κ3) is 7.00. The zero-order valence-corrected chi connectivity index (χ0v) is 21.4. The summed E-state index contributed by atoms with van der Waals surface area (Å²) in [5.41, 5.74) is 5.27. The molecule has 184 valence electrons. The van der Waals surface area contributed by atoms with Crippen LogP contribution in [0.5, 0.6) is 0 Å². The lowest BCUT2D eigenvalue weighted by atomic mass is 9.87. The van der Waals surface area contributed by atoms with Crippen LogP contribution >= 0.6 is 0 Å². The number of carbonyl (C=O) groups is 1. The molecule has 1 saturated heterocycles. The molecule has 0 spiro atoms. The van der Waals surface area contributed by atoms with Gasteiger partial charge < -0.3 is 15.5 Å². The lowest BCUT2D eigenvalue weighted by molar-refractivity contribution is -0.118. The summed E-state index contributed by atoms with van der Waals surface area (Å²) in [6, 6.07) is 10.4. The molecule has 6 heteroatoms. The molecule has 2 N–H and O–H groups in total. The van der Waals surface area contributed by atoms with Crippen molar-refractivity contribution in [2.75, 3.05) is 26.2 Å². The molecular formula is C28H39FN4O. The highest BCUT2D eigenvalue weighted by Crippen LogP contribution is 2.37. The molecule has 1 aromatic carbocycles. The molecule has 0 saturated carbocycles. The Kier molecular flexibility index (Phi) is 10.9. The topological polar surface area (TPSA) is 57.3 Å². The van der Waals surface area contributed by atoms with E-state index in [1.54, 1.807) is 24.5 Å². The number of aromatic nitrogens is 1. The molecule has 2 aromatic rings. The van der Waals surface area contributed by atoms with Crippen LogP contribution in [0.25, 0.3) is 11.1 Å². The van der Waals surface area contributed by atoms with Crippen LogP contribution in [0.3, 0.4) is 0 Å². The van der Waals surface area contributed by atoms with Crippen molar-refractivity contribution >= 4 is 17.1 Å². The zero-order valence-electron chi connectivity index (χ0n) is 21.4. The molecule has 5 nitrogen and oxygen atoms in total. The van der Waals surface area contributed by atoms with Gasteiger partial charge in [0.25, 0.3) is 0 Å². The first kappa shape index (κ1) is 27.3. The second-order valence-electron chi connectivity index (χ2n) is 8.22. The first-order valence-corrected chi connectivity index (χ1v) is 12.3. The van der Waals surface area contributed by atoms with Crippen molar-refractivity contribution in [3.05, 3.63) is 77.0 Å². The van der Waals surface area contributed by atoms with E-state index in [4.69, 9.17) is 0 Å². The molecule has 2 heterocycles. The molecule has 0 aliphatic carbocycles. The largest absolute Gasteiger partial charge is 0.372 e. The second-order valence-corrected chi connectivity index (χ2v) is 8.22. The van der Waals surface area contributed by atoms with E-state index in [1.807, 2.05) is 46.8 Å². The molecule has 0 radical (unpaired) electrons. The normalized spacial score (nSPS) is 15.9. The fraction of sp³-hybridized carbons (Fsp3) is 0.429. The number of hydrogen-bond acceptors (Lipinski definition) is 4. The average molecular weight is 467 g/mol. The fourth-order valence-corrected chi connectivity index (χ4v) is 3.92. The van der Waals surface area contributed by atoms with Crippen LogP contribution in [0.1, 0.15) is 59.1 Å². The summed E-state index contributed by atoms with van der Waals surface area (Å²) >= 11 is 0. The van der Waals surface area contributed by atoms with Gasteiger partial charge in [-0.25, -0.2) is 4.39 Å². The minimum Gasteiger partial charge on any atom is -0.372 e. The smallest absolute Gasteiger partial charge is 0.247 e. The summed E-state index contributed by atoms with van der Waals surface area (Å²) in [6.07, 6.45) is 4.37. The maximum Gasteiger partial charge on any atom is 0.247 e. The van der Waals surface area contributed by atoms with Gasteiger partial charge in [0.1, 0.15) is 5.82 Å². The number of benzene rings is 1. The number of allylic oxidation sites excluding steroid dienone is 3. The summed E-state index contributed by atoms with van der Waals surface area (Å²) in [7, 11) is 0. The molecule has 1 amide bonds. The fourth-order valence-electron chi connectivity index (χ4n) is 3.92. The summed E-state index contributed by atoms with van der Waals surface area (Å²) in [5.74, 6) is -0.415. The third-order valence-electron chi connectivity index (χ3n) is 6.01. The van der Waals surface area contributed by atoms with Gasteiger partial charge in [0.2, 0.25) is 5.91 Å². The molecule has 1 aliphatic heterocycles. The van der Waals surface area contributed by atoms with Gasteiger partial charge in [-0.15, -0.1) is 0 Å². The number of nitrogens with one attached hydrogen (secondary N) is 2. The second kappa shape index (κ2) is 13.7. The Morgan fingerprint density at radius 2 is 1.59 bits per heavy atom. The summed E-state index contributed by atoms with van der Waals surface area (Å²) in [5, 5.41) is 6.48. The first-order valence-electron chi connectivity index (χ1n) is 12.3. The summed E-state index contributed by atoms with van der Waals surface area (Å²) in [6.45, 7) is 15.6. The SMILES string of the molecule is CC.CCC(C)NC(=O)/C(C)=C(/C(=C(\C)N1CCNCC1)c1ccncc1)c1ccc(F)cc1. The van der Waals surface area contributed by atoms with Crippen molar-refractivity contribution in [3.63, 3.8) is 0 Å². The molecule has 1 unspecified atom stereocenters. The van der Waals surface area contributed by atoms with Gasteiger partial charge in [-0.3, -0.25) is 9.78 Å². The van der Waals surface area contributed by atoms with Crippen LogP contribution in [-0.2, 0) is 4.79 Å². The number of halogens is 1.